The molecule has 1 aliphatic carbocycles. The third-order valence-electron chi connectivity index (χ3n) is 4.00. The number of urea groups is 1. The smallest absolute Gasteiger partial charge is 0.321 e. The molecule has 0 heterocycles. The van der Waals surface area contributed by atoms with Gasteiger partial charge in [-0.15, -0.1) is 0 Å². The second kappa shape index (κ2) is 8.95. The molecule has 1 fully saturated rings. The minimum absolute atomic E-state index is 0.258. The summed E-state index contributed by atoms with van der Waals surface area (Å²) >= 11 is 0. The van der Waals surface area contributed by atoms with Crippen molar-refractivity contribution in [1.82, 2.24) is 16.0 Å². The van der Waals surface area contributed by atoms with E-state index in [0.717, 1.165) is 18.8 Å². The molecule has 0 spiro atoms. The van der Waals surface area contributed by atoms with Gasteiger partial charge in [0.1, 0.15) is 0 Å². The lowest BCUT2D eigenvalue weighted by molar-refractivity contribution is -0.121. The number of amides is 3. The number of nitrogens with one attached hydrogen (secondary N) is 3. The number of carbonyl (C=O) groups is 2. The number of rotatable bonds is 6. The first-order valence-corrected chi connectivity index (χ1v) is 7.91. The first-order chi connectivity index (χ1) is 9.56. The minimum Gasteiger partial charge on any atom is -0.338 e. The van der Waals surface area contributed by atoms with Crippen molar-refractivity contribution in [1.29, 1.82) is 0 Å². The van der Waals surface area contributed by atoms with E-state index in [1.807, 2.05) is 13.8 Å². The third-order valence-corrected chi connectivity index (χ3v) is 4.00. The monoisotopic (exact) mass is 283 g/mol. The van der Waals surface area contributed by atoms with Crippen LogP contribution in [0, 0.1) is 5.92 Å². The number of hydrogen-bond donors (Lipinski definition) is 3. The molecule has 20 heavy (non-hydrogen) atoms. The van der Waals surface area contributed by atoms with E-state index in [1.54, 1.807) is 0 Å². The first-order valence-electron chi connectivity index (χ1n) is 7.91. The lowest BCUT2D eigenvalue weighted by Gasteiger charge is -2.30. The van der Waals surface area contributed by atoms with Crippen molar-refractivity contribution < 1.29 is 9.59 Å². The molecule has 0 aromatic carbocycles. The van der Waals surface area contributed by atoms with Crippen LogP contribution in [0.15, 0.2) is 0 Å². The molecule has 1 rings (SSSR count). The lowest BCUT2D eigenvalue weighted by Crippen LogP contribution is -2.51. The van der Waals surface area contributed by atoms with E-state index in [9.17, 15) is 9.59 Å². The van der Waals surface area contributed by atoms with Crippen LogP contribution in [0.25, 0.3) is 0 Å². The van der Waals surface area contributed by atoms with Gasteiger partial charge in [-0.05, 0) is 45.4 Å². The van der Waals surface area contributed by atoms with E-state index < -0.39 is 6.03 Å². The van der Waals surface area contributed by atoms with Gasteiger partial charge in [0.2, 0.25) is 5.91 Å². The van der Waals surface area contributed by atoms with Crippen LogP contribution in [0.1, 0.15) is 59.3 Å². The standard InChI is InChI=1S/C15H29N3O2/c1-4-6-12-7-9-13(10-8-12)17-11(3)14(19)18-15(20)16-5-2/h11-13,17H,4-10H2,1-3H3,(H2,16,18,19,20). The fourth-order valence-electron chi connectivity index (χ4n) is 2.88. The molecule has 1 atom stereocenters. The Hall–Kier alpha value is -1.10. The van der Waals surface area contributed by atoms with Crippen LogP contribution in [0.4, 0.5) is 4.79 Å². The zero-order valence-electron chi connectivity index (χ0n) is 13.0. The zero-order chi connectivity index (χ0) is 15.0. The Bertz CT molecular complexity index is 312. The second-order valence-electron chi connectivity index (χ2n) is 5.74. The van der Waals surface area contributed by atoms with Crippen LogP contribution in [0.2, 0.25) is 0 Å². The Kier molecular flexibility index (Phi) is 7.59. The van der Waals surface area contributed by atoms with Crippen LogP contribution in [-0.2, 0) is 4.79 Å². The van der Waals surface area contributed by atoms with Gasteiger partial charge in [-0.2, -0.15) is 0 Å². The summed E-state index contributed by atoms with van der Waals surface area (Å²) in [6, 6.07) is -0.346. The molecule has 116 valence electrons. The van der Waals surface area contributed by atoms with E-state index in [0.29, 0.717) is 12.6 Å². The molecule has 0 bridgehead atoms. The normalized spacial score (nSPS) is 23.9. The molecule has 3 amide bonds. The fraction of sp³-hybridized carbons (Fsp3) is 0.867. The SMILES string of the molecule is CCCC1CCC(NC(C)C(=O)NC(=O)NCC)CC1. The summed E-state index contributed by atoms with van der Waals surface area (Å²) in [5.41, 5.74) is 0. The summed E-state index contributed by atoms with van der Waals surface area (Å²) in [5.74, 6) is 0.601. The summed E-state index contributed by atoms with van der Waals surface area (Å²) in [6.07, 6.45) is 7.33. The Balaban J connectivity index is 2.27. The van der Waals surface area contributed by atoms with Crippen LogP contribution >= 0.6 is 0 Å². The Morgan fingerprint density at radius 3 is 2.35 bits per heavy atom. The summed E-state index contributed by atoms with van der Waals surface area (Å²) in [6.45, 7) is 6.38. The molecular formula is C15H29N3O2. The highest BCUT2D eigenvalue weighted by molar-refractivity contribution is 5.96. The van der Waals surface area contributed by atoms with Crippen molar-refractivity contribution >= 4 is 11.9 Å². The maximum Gasteiger partial charge on any atom is 0.321 e. The average Bonchev–Trinajstić information content (AvgIpc) is 2.41. The molecule has 1 aliphatic rings. The van der Waals surface area contributed by atoms with Crippen molar-refractivity contribution in [2.24, 2.45) is 5.92 Å². The highest BCUT2D eigenvalue weighted by atomic mass is 16.2. The van der Waals surface area contributed by atoms with Gasteiger partial charge >= 0.3 is 6.03 Å². The Morgan fingerprint density at radius 1 is 1.15 bits per heavy atom. The predicted octanol–water partition coefficient (Wildman–Crippen LogP) is 2.17. The van der Waals surface area contributed by atoms with Crippen molar-refractivity contribution in [2.45, 2.75) is 71.4 Å². The van der Waals surface area contributed by atoms with Crippen LogP contribution < -0.4 is 16.0 Å². The third kappa shape index (κ3) is 5.90. The van der Waals surface area contributed by atoms with E-state index in [-0.39, 0.29) is 11.9 Å². The lowest BCUT2D eigenvalue weighted by atomic mass is 9.83. The molecule has 5 nitrogen and oxygen atoms in total. The zero-order valence-corrected chi connectivity index (χ0v) is 13.0. The van der Waals surface area contributed by atoms with E-state index in [4.69, 9.17) is 0 Å². The second-order valence-corrected chi connectivity index (χ2v) is 5.74. The molecule has 0 aromatic rings. The largest absolute Gasteiger partial charge is 0.338 e. The van der Waals surface area contributed by atoms with Gasteiger partial charge in [-0.1, -0.05) is 19.8 Å². The quantitative estimate of drug-likeness (QED) is 0.699. The van der Waals surface area contributed by atoms with Crippen molar-refractivity contribution in [2.75, 3.05) is 6.54 Å². The topological polar surface area (TPSA) is 70.2 Å². The molecule has 1 saturated carbocycles. The highest BCUT2D eigenvalue weighted by Crippen LogP contribution is 2.27. The molecule has 0 aliphatic heterocycles. The van der Waals surface area contributed by atoms with Crippen molar-refractivity contribution in [3.8, 4) is 0 Å². The number of imide groups is 1. The molecule has 0 saturated heterocycles. The Morgan fingerprint density at radius 2 is 1.80 bits per heavy atom. The fourth-order valence-corrected chi connectivity index (χ4v) is 2.88. The molecule has 1 unspecified atom stereocenters. The predicted molar refractivity (Wildman–Crippen MR) is 80.5 cm³/mol. The summed E-state index contributed by atoms with van der Waals surface area (Å²) in [4.78, 5) is 23.1. The van der Waals surface area contributed by atoms with E-state index in [1.165, 1.54) is 25.7 Å². The Labute approximate surface area is 122 Å². The van der Waals surface area contributed by atoms with Gasteiger partial charge in [-0.25, -0.2) is 4.79 Å². The number of carbonyl (C=O) groups excluding carboxylic acids is 2. The summed E-state index contributed by atoms with van der Waals surface area (Å²) in [5, 5.41) is 8.24. The minimum atomic E-state index is -0.419. The average molecular weight is 283 g/mol. The molecular weight excluding hydrogens is 254 g/mol. The van der Waals surface area contributed by atoms with Crippen molar-refractivity contribution in [3.63, 3.8) is 0 Å². The van der Waals surface area contributed by atoms with Gasteiger partial charge in [0, 0.05) is 12.6 Å². The van der Waals surface area contributed by atoms with Gasteiger partial charge in [0.15, 0.2) is 0 Å². The van der Waals surface area contributed by atoms with Crippen molar-refractivity contribution in [3.05, 3.63) is 0 Å². The van der Waals surface area contributed by atoms with E-state index >= 15 is 0 Å². The maximum absolute atomic E-state index is 11.8. The first kappa shape index (κ1) is 17.0. The summed E-state index contributed by atoms with van der Waals surface area (Å²) < 4.78 is 0. The molecule has 3 N–H and O–H groups in total. The summed E-state index contributed by atoms with van der Waals surface area (Å²) in [7, 11) is 0. The maximum atomic E-state index is 11.8. The van der Waals surface area contributed by atoms with Gasteiger partial charge in [-0.3, -0.25) is 10.1 Å². The van der Waals surface area contributed by atoms with Crippen LogP contribution in [0.3, 0.4) is 0 Å². The number of hydrogen-bond acceptors (Lipinski definition) is 3. The van der Waals surface area contributed by atoms with Gasteiger partial charge in [0.25, 0.3) is 0 Å². The highest BCUT2D eigenvalue weighted by Gasteiger charge is 2.24. The van der Waals surface area contributed by atoms with Crippen LogP contribution in [0.5, 0.6) is 0 Å². The van der Waals surface area contributed by atoms with E-state index in [2.05, 4.69) is 22.9 Å². The van der Waals surface area contributed by atoms with Gasteiger partial charge < -0.3 is 10.6 Å². The van der Waals surface area contributed by atoms with Gasteiger partial charge in [0.05, 0.1) is 6.04 Å². The molecule has 0 aromatic heterocycles. The van der Waals surface area contributed by atoms with Crippen LogP contribution in [-0.4, -0.2) is 30.6 Å². The molecule has 5 heteroatoms. The molecule has 0 radical (unpaired) electrons.